The Morgan fingerprint density at radius 1 is 1.10 bits per heavy atom. The maximum absolute atomic E-state index is 5.87. The number of nitrogens with zero attached hydrogens (tertiary/aromatic N) is 6. The van der Waals surface area contributed by atoms with Crippen molar-refractivity contribution in [1.29, 1.82) is 0 Å². The van der Waals surface area contributed by atoms with Crippen molar-refractivity contribution in [3.8, 4) is 5.95 Å². The van der Waals surface area contributed by atoms with E-state index in [4.69, 9.17) is 5.73 Å². The zero-order valence-electron chi connectivity index (χ0n) is 12.4. The van der Waals surface area contributed by atoms with Crippen molar-refractivity contribution in [3.63, 3.8) is 0 Å². The van der Waals surface area contributed by atoms with Gasteiger partial charge in [-0.05, 0) is 25.7 Å². The molecule has 112 valence electrons. The molecule has 0 saturated carbocycles. The van der Waals surface area contributed by atoms with Crippen molar-refractivity contribution in [1.82, 2.24) is 24.5 Å². The molecule has 2 aromatic heterocycles. The summed E-state index contributed by atoms with van der Waals surface area (Å²) in [4.78, 5) is 19.7. The van der Waals surface area contributed by atoms with Crippen molar-refractivity contribution in [2.24, 2.45) is 0 Å². The van der Waals surface area contributed by atoms with Crippen LogP contribution in [0.15, 0.2) is 12.4 Å². The molecule has 1 aliphatic heterocycles. The summed E-state index contributed by atoms with van der Waals surface area (Å²) in [6, 6.07) is 0. The van der Waals surface area contributed by atoms with Gasteiger partial charge in [-0.1, -0.05) is 6.92 Å². The molecule has 0 aromatic carbocycles. The van der Waals surface area contributed by atoms with E-state index < -0.39 is 0 Å². The Morgan fingerprint density at radius 2 is 1.86 bits per heavy atom. The second-order valence-corrected chi connectivity index (χ2v) is 5.30. The number of imidazole rings is 1. The molecule has 0 radical (unpaired) electrons. The number of aromatic nitrogens is 5. The molecule has 7 heteroatoms. The highest BCUT2D eigenvalue weighted by molar-refractivity contribution is 5.38. The van der Waals surface area contributed by atoms with Crippen molar-refractivity contribution >= 4 is 11.9 Å². The van der Waals surface area contributed by atoms with Crippen molar-refractivity contribution in [2.45, 2.75) is 39.0 Å². The molecule has 0 atom stereocenters. The summed E-state index contributed by atoms with van der Waals surface area (Å²) in [6.45, 7) is 4.09. The number of aryl methyl sites for hydroxylation is 1. The Kier molecular flexibility index (Phi) is 3.98. The summed E-state index contributed by atoms with van der Waals surface area (Å²) in [5, 5.41) is 0. The van der Waals surface area contributed by atoms with E-state index >= 15 is 0 Å². The first-order valence-electron chi connectivity index (χ1n) is 7.57. The molecule has 0 aliphatic carbocycles. The van der Waals surface area contributed by atoms with Crippen molar-refractivity contribution in [3.05, 3.63) is 18.2 Å². The van der Waals surface area contributed by atoms with E-state index in [9.17, 15) is 0 Å². The normalized spacial score (nSPS) is 15.4. The number of nitrogens with two attached hydrogens (primary N) is 1. The predicted molar refractivity (Wildman–Crippen MR) is 81.4 cm³/mol. The molecular weight excluding hydrogens is 266 g/mol. The fourth-order valence-electron chi connectivity index (χ4n) is 2.64. The minimum absolute atomic E-state index is 0.261. The summed E-state index contributed by atoms with van der Waals surface area (Å²) < 4.78 is 1.90. The van der Waals surface area contributed by atoms with Gasteiger partial charge in [0, 0.05) is 31.9 Å². The van der Waals surface area contributed by atoms with E-state index in [1.807, 2.05) is 10.8 Å². The van der Waals surface area contributed by atoms with Gasteiger partial charge in [-0.25, -0.2) is 4.98 Å². The molecular formula is C14H21N7. The fraction of sp³-hybridized carbons (Fsp3) is 0.571. The van der Waals surface area contributed by atoms with Crippen LogP contribution in [0, 0.1) is 0 Å². The van der Waals surface area contributed by atoms with Crippen molar-refractivity contribution in [2.75, 3.05) is 23.7 Å². The van der Waals surface area contributed by atoms with Crippen LogP contribution in [-0.4, -0.2) is 37.6 Å². The fourth-order valence-corrected chi connectivity index (χ4v) is 2.64. The molecule has 2 aromatic rings. The van der Waals surface area contributed by atoms with Gasteiger partial charge in [-0.2, -0.15) is 15.0 Å². The number of anilines is 2. The largest absolute Gasteiger partial charge is 0.368 e. The zero-order valence-corrected chi connectivity index (χ0v) is 12.4. The summed E-state index contributed by atoms with van der Waals surface area (Å²) >= 11 is 0. The minimum Gasteiger partial charge on any atom is -0.368 e. The molecule has 0 bridgehead atoms. The van der Waals surface area contributed by atoms with Crippen LogP contribution in [0.2, 0.25) is 0 Å². The lowest BCUT2D eigenvalue weighted by atomic mass is 10.1. The maximum atomic E-state index is 5.87. The van der Waals surface area contributed by atoms with Gasteiger partial charge in [-0.15, -0.1) is 0 Å². The van der Waals surface area contributed by atoms with Crippen LogP contribution in [0.3, 0.4) is 0 Å². The lowest BCUT2D eigenvalue weighted by Gasteiger charge is -2.26. The topological polar surface area (TPSA) is 85.8 Å². The van der Waals surface area contributed by atoms with Crippen LogP contribution in [0.4, 0.5) is 11.9 Å². The smallest absolute Gasteiger partial charge is 0.241 e. The van der Waals surface area contributed by atoms with Gasteiger partial charge in [0.05, 0.1) is 0 Å². The lowest BCUT2D eigenvalue weighted by molar-refractivity contribution is 0.566. The average molecular weight is 287 g/mol. The summed E-state index contributed by atoms with van der Waals surface area (Å²) in [7, 11) is 0. The van der Waals surface area contributed by atoms with Crippen molar-refractivity contribution < 1.29 is 0 Å². The Hall–Kier alpha value is -2.18. The molecule has 0 spiro atoms. The summed E-state index contributed by atoms with van der Waals surface area (Å²) in [6.07, 6.45) is 9.17. The first-order chi connectivity index (χ1) is 10.3. The maximum Gasteiger partial charge on any atom is 0.241 e. The summed E-state index contributed by atoms with van der Waals surface area (Å²) in [5.41, 5.74) is 5.87. The predicted octanol–water partition coefficient (Wildman–Crippen LogP) is 1.58. The number of hydrogen-bond donors (Lipinski definition) is 1. The molecule has 2 N–H and O–H groups in total. The van der Waals surface area contributed by atoms with E-state index in [1.54, 1.807) is 6.20 Å². The third-order valence-electron chi connectivity index (χ3n) is 3.67. The van der Waals surface area contributed by atoms with Crippen LogP contribution >= 0.6 is 0 Å². The number of rotatable bonds is 4. The van der Waals surface area contributed by atoms with E-state index in [0.717, 1.165) is 31.8 Å². The molecule has 1 saturated heterocycles. The first kappa shape index (κ1) is 13.8. The van der Waals surface area contributed by atoms with Crippen LogP contribution in [0.25, 0.3) is 5.95 Å². The molecule has 21 heavy (non-hydrogen) atoms. The van der Waals surface area contributed by atoms with Gasteiger partial charge in [0.1, 0.15) is 5.82 Å². The number of piperidine rings is 1. The van der Waals surface area contributed by atoms with Gasteiger partial charge in [0.15, 0.2) is 0 Å². The standard InChI is InChI=1S/C14H21N7/c1-2-6-11-16-7-10-21(11)14-18-12(15)17-13(19-14)20-8-4-3-5-9-20/h7,10H,2-6,8-9H2,1H3,(H2,15,17,18,19). The highest BCUT2D eigenvalue weighted by Gasteiger charge is 2.17. The molecule has 1 fully saturated rings. The van der Waals surface area contributed by atoms with E-state index in [2.05, 4.69) is 31.8 Å². The minimum atomic E-state index is 0.261. The molecule has 0 unspecified atom stereocenters. The zero-order chi connectivity index (χ0) is 14.7. The van der Waals surface area contributed by atoms with Gasteiger partial charge >= 0.3 is 0 Å². The highest BCUT2D eigenvalue weighted by Crippen LogP contribution is 2.18. The SMILES string of the molecule is CCCc1nccn1-c1nc(N)nc(N2CCCCC2)n1. The lowest BCUT2D eigenvalue weighted by Crippen LogP contribution is -2.31. The Morgan fingerprint density at radius 3 is 2.62 bits per heavy atom. The molecule has 3 rings (SSSR count). The van der Waals surface area contributed by atoms with Crippen LogP contribution in [0.1, 0.15) is 38.4 Å². The Bertz CT molecular complexity index is 601. The van der Waals surface area contributed by atoms with Gasteiger partial charge in [0.2, 0.25) is 17.8 Å². The molecule has 1 aliphatic rings. The Labute approximate surface area is 124 Å². The quantitative estimate of drug-likeness (QED) is 0.919. The molecule has 3 heterocycles. The highest BCUT2D eigenvalue weighted by atomic mass is 15.3. The van der Waals surface area contributed by atoms with Gasteiger partial charge in [-0.3, -0.25) is 4.57 Å². The second kappa shape index (κ2) is 6.07. The Balaban J connectivity index is 1.95. The van der Waals surface area contributed by atoms with Crippen LogP contribution in [0.5, 0.6) is 0 Å². The third kappa shape index (κ3) is 2.96. The van der Waals surface area contributed by atoms with Crippen LogP contribution in [-0.2, 0) is 6.42 Å². The first-order valence-corrected chi connectivity index (χ1v) is 7.57. The monoisotopic (exact) mass is 287 g/mol. The van der Waals surface area contributed by atoms with Gasteiger partial charge < -0.3 is 10.6 Å². The third-order valence-corrected chi connectivity index (χ3v) is 3.67. The summed E-state index contributed by atoms with van der Waals surface area (Å²) in [5.74, 6) is 2.45. The molecule has 7 nitrogen and oxygen atoms in total. The molecule has 0 amide bonds. The number of hydrogen-bond acceptors (Lipinski definition) is 6. The van der Waals surface area contributed by atoms with E-state index in [-0.39, 0.29) is 5.95 Å². The average Bonchev–Trinajstić information content (AvgIpc) is 2.96. The van der Waals surface area contributed by atoms with E-state index in [0.29, 0.717) is 11.9 Å². The van der Waals surface area contributed by atoms with Gasteiger partial charge in [0.25, 0.3) is 0 Å². The van der Waals surface area contributed by atoms with E-state index in [1.165, 1.54) is 19.3 Å². The van der Waals surface area contributed by atoms with Crippen LogP contribution < -0.4 is 10.6 Å². The number of nitrogen functional groups attached to an aromatic ring is 1. The second-order valence-electron chi connectivity index (χ2n) is 5.30.